The van der Waals surface area contributed by atoms with Crippen LogP contribution in [0.3, 0.4) is 0 Å². The van der Waals surface area contributed by atoms with Crippen LogP contribution in [0.4, 0.5) is 11.4 Å². The molecule has 2 heterocycles. The van der Waals surface area contributed by atoms with Gasteiger partial charge in [0.2, 0.25) is 5.91 Å². The summed E-state index contributed by atoms with van der Waals surface area (Å²) in [6.07, 6.45) is -0.529. The zero-order valence-electron chi connectivity index (χ0n) is 24.9. The maximum absolute atomic E-state index is 11.9. The first kappa shape index (κ1) is 32.0. The predicted octanol–water partition coefficient (Wildman–Crippen LogP) is 3.94. The first-order valence-corrected chi connectivity index (χ1v) is 15.1. The third-order valence-electron chi connectivity index (χ3n) is 8.18. The van der Waals surface area contributed by atoms with Gasteiger partial charge in [0, 0.05) is 75.5 Å². The number of hydrogen-bond donors (Lipinski definition) is 3. The van der Waals surface area contributed by atoms with Gasteiger partial charge in [0.1, 0.15) is 0 Å². The largest absolute Gasteiger partial charge is 0.481 e. The predicted molar refractivity (Wildman–Crippen MR) is 165 cm³/mol. The Balaban J connectivity index is 1.22. The summed E-state index contributed by atoms with van der Waals surface area (Å²) in [5.41, 5.74) is 4.61. The molecule has 0 aromatic heterocycles. The number of amides is 1. The zero-order chi connectivity index (χ0) is 31.8. The Bertz CT molecular complexity index is 1440. The molecule has 5 rings (SSSR count). The minimum atomic E-state index is -1.01. The minimum Gasteiger partial charge on any atom is -0.481 e. The topological polar surface area (TPSA) is 155 Å². The first-order valence-electron chi connectivity index (χ1n) is 15.1. The van der Waals surface area contributed by atoms with Gasteiger partial charge in [-0.2, -0.15) is 0 Å². The minimum absolute atomic E-state index is 0.0294. The zero-order valence-corrected chi connectivity index (χ0v) is 24.9. The van der Waals surface area contributed by atoms with Crippen molar-refractivity contribution in [1.82, 2.24) is 10.2 Å². The molecule has 2 fully saturated rings. The molecule has 0 bridgehead atoms. The number of carboxylic acids is 1. The van der Waals surface area contributed by atoms with Gasteiger partial charge in [-0.1, -0.05) is 48.5 Å². The summed E-state index contributed by atoms with van der Waals surface area (Å²) in [7, 11) is 0. The number of carbonyl (C=O) groups excluding carboxylic acids is 1. The van der Waals surface area contributed by atoms with E-state index >= 15 is 0 Å². The van der Waals surface area contributed by atoms with E-state index in [1.165, 1.54) is 12.1 Å². The number of aliphatic carboxylic acids is 1. The molecule has 1 amide bonds. The lowest BCUT2D eigenvalue weighted by molar-refractivity contribution is -0.384. The van der Waals surface area contributed by atoms with E-state index in [1.807, 2.05) is 48.5 Å². The van der Waals surface area contributed by atoms with Gasteiger partial charge in [-0.25, -0.2) is 0 Å². The van der Waals surface area contributed by atoms with Gasteiger partial charge in [-0.05, 0) is 28.8 Å². The average Bonchev–Trinajstić information content (AvgIpc) is 3.07. The number of aliphatic hydroxyl groups excluding tert-OH is 1. The van der Waals surface area contributed by atoms with Gasteiger partial charge in [0.15, 0.2) is 6.29 Å². The number of rotatable bonds is 12. The fraction of sp³-hybridized carbons (Fsp3) is 0.394. The van der Waals surface area contributed by atoms with E-state index in [1.54, 1.807) is 12.1 Å². The summed E-state index contributed by atoms with van der Waals surface area (Å²) >= 11 is 0. The van der Waals surface area contributed by atoms with Crippen molar-refractivity contribution in [2.75, 3.05) is 37.6 Å². The second kappa shape index (κ2) is 15.1. The normalized spacial score (nSPS) is 20.5. The summed E-state index contributed by atoms with van der Waals surface area (Å²) < 4.78 is 13.0. The highest BCUT2D eigenvalue weighted by atomic mass is 16.7. The van der Waals surface area contributed by atoms with Crippen molar-refractivity contribution in [3.63, 3.8) is 0 Å². The van der Waals surface area contributed by atoms with Gasteiger partial charge >= 0.3 is 5.97 Å². The number of nitro groups is 1. The van der Waals surface area contributed by atoms with Crippen LogP contribution in [-0.2, 0) is 32.2 Å². The molecule has 12 heteroatoms. The van der Waals surface area contributed by atoms with E-state index in [4.69, 9.17) is 14.6 Å². The van der Waals surface area contributed by atoms with Gasteiger partial charge in [0.25, 0.3) is 5.69 Å². The van der Waals surface area contributed by atoms with Crippen molar-refractivity contribution >= 4 is 23.3 Å². The Morgan fingerprint density at radius 2 is 1.51 bits per heavy atom. The molecule has 0 spiro atoms. The molecule has 45 heavy (non-hydrogen) atoms. The fourth-order valence-corrected chi connectivity index (χ4v) is 5.60. The number of hydrogen-bond acceptors (Lipinski definition) is 9. The van der Waals surface area contributed by atoms with Crippen LogP contribution in [-0.4, -0.2) is 70.7 Å². The van der Waals surface area contributed by atoms with Crippen LogP contribution in [0, 0.1) is 10.1 Å². The maximum atomic E-state index is 11.9. The van der Waals surface area contributed by atoms with Crippen molar-refractivity contribution in [3.05, 3.63) is 105 Å². The van der Waals surface area contributed by atoms with E-state index in [0.717, 1.165) is 60.7 Å². The smallest absolute Gasteiger partial charge is 0.303 e. The van der Waals surface area contributed by atoms with E-state index < -0.39 is 17.2 Å². The SMILES string of the molecule is O=C(O)CCC(=O)NCc1ccc([C@H]2O[C@@H](CN3CCN(c4ccc([N+](=O)[O-])cc4)CC3)C[C@@H](c3ccc(CO)cc3)O2)cc1. The van der Waals surface area contributed by atoms with Gasteiger partial charge in [0.05, 0.1) is 30.2 Å². The monoisotopic (exact) mass is 618 g/mol. The Hall–Kier alpha value is -4.36. The Morgan fingerprint density at radius 1 is 0.867 bits per heavy atom. The summed E-state index contributed by atoms with van der Waals surface area (Å²) in [6.45, 7) is 4.23. The molecule has 3 atom stereocenters. The molecule has 2 saturated heterocycles. The van der Waals surface area contributed by atoms with Crippen LogP contribution in [0.15, 0.2) is 72.8 Å². The van der Waals surface area contributed by atoms with E-state index in [0.29, 0.717) is 13.0 Å². The van der Waals surface area contributed by atoms with Crippen LogP contribution in [0.1, 0.15) is 53.9 Å². The van der Waals surface area contributed by atoms with Gasteiger partial charge < -0.3 is 29.9 Å². The van der Waals surface area contributed by atoms with Crippen molar-refractivity contribution in [3.8, 4) is 0 Å². The highest BCUT2D eigenvalue weighted by Gasteiger charge is 2.34. The second-order valence-electron chi connectivity index (χ2n) is 11.3. The second-order valence-corrected chi connectivity index (χ2v) is 11.3. The molecule has 2 aliphatic rings. The van der Waals surface area contributed by atoms with Crippen LogP contribution >= 0.6 is 0 Å². The molecule has 3 aromatic carbocycles. The molecular formula is C33H38N4O8. The third kappa shape index (κ3) is 8.85. The maximum Gasteiger partial charge on any atom is 0.303 e. The Kier molecular flexibility index (Phi) is 10.7. The molecule has 2 aliphatic heterocycles. The summed E-state index contributed by atoms with van der Waals surface area (Å²) in [6, 6.07) is 22.1. The highest BCUT2D eigenvalue weighted by molar-refractivity contribution is 5.80. The number of nitrogens with zero attached hydrogens (tertiary/aromatic N) is 3. The molecule has 0 aliphatic carbocycles. The van der Waals surface area contributed by atoms with Crippen LogP contribution < -0.4 is 10.2 Å². The molecular weight excluding hydrogens is 580 g/mol. The lowest BCUT2D eigenvalue weighted by Gasteiger charge is -2.41. The number of anilines is 1. The van der Waals surface area contributed by atoms with Crippen LogP contribution in [0.25, 0.3) is 0 Å². The van der Waals surface area contributed by atoms with Gasteiger partial charge in [-0.3, -0.25) is 24.6 Å². The number of carbonyl (C=O) groups is 2. The van der Waals surface area contributed by atoms with E-state index in [2.05, 4.69) is 15.1 Å². The lowest BCUT2D eigenvalue weighted by Crippen LogP contribution is -2.49. The number of benzene rings is 3. The molecule has 0 saturated carbocycles. The van der Waals surface area contributed by atoms with Crippen LogP contribution in [0.2, 0.25) is 0 Å². The molecule has 238 valence electrons. The summed E-state index contributed by atoms with van der Waals surface area (Å²) in [5, 5.41) is 32.0. The number of aliphatic hydroxyl groups is 1. The average molecular weight is 619 g/mol. The quantitative estimate of drug-likeness (QED) is 0.201. The number of non-ortho nitro benzene ring substituents is 1. The summed E-state index contributed by atoms with van der Waals surface area (Å²) in [4.78, 5) is 37.8. The fourth-order valence-electron chi connectivity index (χ4n) is 5.60. The number of ether oxygens (including phenoxy) is 2. The first-order chi connectivity index (χ1) is 21.8. The van der Waals surface area contributed by atoms with Crippen molar-refractivity contribution in [2.45, 2.75) is 50.9 Å². The third-order valence-corrected chi connectivity index (χ3v) is 8.18. The van der Waals surface area contributed by atoms with Gasteiger partial charge in [-0.15, -0.1) is 0 Å². The Morgan fingerprint density at radius 3 is 2.13 bits per heavy atom. The van der Waals surface area contributed by atoms with Crippen molar-refractivity contribution in [1.29, 1.82) is 0 Å². The van der Waals surface area contributed by atoms with Crippen molar-refractivity contribution in [2.24, 2.45) is 0 Å². The molecule has 12 nitrogen and oxygen atoms in total. The van der Waals surface area contributed by atoms with E-state index in [9.17, 15) is 24.8 Å². The molecule has 3 N–H and O–H groups in total. The number of piperazine rings is 1. The summed E-state index contributed by atoms with van der Waals surface area (Å²) in [5.74, 6) is -1.32. The Labute approximate surface area is 261 Å². The molecule has 0 unspecified atom stereocenters. The molecule has 0 radical (unpaired) electrons. The lowest BCUT2D eigenvalue weighted by atomic mass is 9.99. The van der Waals surface area contributed by atoms with Crippen LogP contribution in [0.5, 0.6) is 0 Å². The highest BCUT2D eigenvalue weighted by Crippen LogP contribution is 2.38. The number of nitrogens with one attached hydrogen (secondary N) is 1. The van der Waals surface area contributed by atoms with E-state index in [-0.39, 0.29) is 43.3 Å². The molecule has 3 aromatic rings. The standard InChI is InChI=1S/C33H38N4O8/c38-22-24-3-5-25(6-4-24)30-19-29(21-35-15-17-36(18-16-35)27-9-11-28(12-10-27)37(42)43)44-33(45-30)26-7-1-23(2-8-26)20-34-31(39)13-14-32(40)41/h1-12,29-30,33,38H,13-22H2,(H,34,39)(H,40,41)/t29-,30+,33+/m1/s1. The number of nitro benzene ring substituents is 1. The number of carboxylic acid groups (broad SMARTS) is 1. The van der Waals surface area contributed by atoms with Crippen molar-refractivity contribution < 1.29 is 34.2 Å².